The molecule has 0 heterocycles. The van der Waals surface area contributed by atoms with Crippen LogP contribution in [0, 0.1) is 0 Å². The van der Waals surface area contributed by atoms with Crippen molar-refractivity contribution in [1.82, 2.24) is 0 Å². The third kappa shape index (κ3) is 3.22. The van der Waals surface area contributed by atoms with Gasteiger partial charge in [-0.1, -0.05) is 0 Å². The van der Waals surface area contributed by atoms with E-state index in [0.717, 1.165) is 0 Å². The standard InChI is InChI=1S/C2H6O6S2/c3-1-2-8-10(6,7)9(4)5/h3H,1-2H2,(H,4,5). The van der Waals surface area contributed by atoms with Crippen molar-refractivity contribution in [3.63, 3.8) is 0 Å². The Bertz CT molecular complexity index is 204. The van der Waals surface area contributed by atoms with Gasteiger partial charge in [-0.05, 0) is 0 Å². The Morgan fingerprint density at radius 1 is 1.50 bits per heavy atom. The second-order valence-electron chi connectivity index (χ2n) is 1.17. The van der Waals surface area contributed by atoms with E-state index in [1.165, 1.54) is 0 Å². The minimum absolute atomic E-state index is 0.505. The molecule has 6 nitrogen and oxygen atoms in total. The molecule has 62 valence electrons. The Morgan fingerprint density at radius 3 is 2.30 bits per heavy atom. The Hall–Kier alpha value is -0.0200. The molecule has 0 spiro atoms. The van der Waals surface area contributed by atoms with Crippen LogP contribution in [0.1, 0.15) is 0 Å². The normalized spacial score (nSPS) is 15.0. The minimum Gasteiger partial charge on any atom is -0.394 e. The molecule has 0 bridgehead atoms. The van der Waals surface area contributed by atoms with E-state index in [9.17, 15) is 12.6 Å². The molecule has 0 radical (unpaired) electrons. The van der Waals surface area contributed by atoms with E-state index in [1.807, 2.05) is 0 Å². The molecule has 0 aromatic carbocycles. The molecule has 0 aliphatic rings. The number of hydrogen-bond donors (Lipinski definition) is 2. The lowest BCUT2D eigenvalue weighted by atomic mass is 10.8. The first kappa shape index (κ1) is 9.98. The zero-order valence-corrected chi connectivity index (χ0v) is 6.39. The number of aliphatic hydroxyl groups is 1. The van der Waals surface area contributed by atoms with E-state index in [1.54, 1.807) is 0 Å². The molecule has 10 heavy (non-hydrogen) atoms. The number of aliphatic hydroxyl groups excluding tert-OH is 1. The molecule has 2 N–H and O–H groups in total. The van der Waals surface area contributed by atoms with E-state index in [2.05, 4.69) is 4.18 Å². The summed E-state index contributed by atoms with van der Waals surface area (Å²) < 4.78 is 42.1. The number of hydrogen-bond acceptors (Lipinski definition) is 5. The maximum absolute atomic E-state index is 10.2. The Balaban J connectivity index is 4.03. The molecule has 0 aliphatic heterocycles. The summed E-state index contributed by atoms with van der Waals surface area (Å²) in [5, 5.41) is 8.04. The van der Waals surface area contributed by atoms with Crippen molar-refractivity contribution in [2.45, 2.75) is 0 Å². The highest BCUT2D eigenvalue weighted by atomic mass is 33.2. The van der Waals surface area contributed by atoms with Crippen LogP contribution < -0.4 is 0 Å². The fraction of sp³-hybridized carbons (Fsp3) is 1.00. The van der Waals surface area contributed by atoms with Gasteiger partial charge in [0, 0.05) is 0 Å². The Kier molecular flexibility index (Phi) is 3.98. The van der Waals surface area contributed by atoms with E-state index < -0.39 is 32.5 Å². The molecular weight excluding hydrogens is 184 g/mol. The van der Waals surface area contributed by atoms with Crippen LogP contribution in [0.3, 0.4) is 0 Å². The average molecular weight is 190 g/mol. The molecule has 1 unspecified atom stereocenters. The first-order valence-electron chi connectivity index (χ1n) is 2.12. The van der Waals surface area contributed by atoms with E-state index in [0.29, 0.717) is 0 Å². The Labute approximate surface area is 59.6 Å². The molecule has 0 aromatic heterocycles. The zero-order chi connectivity index (χ0) is 8.20. The predicted molar refractivity (Wildman–Crippen MR) is 32.7 cm³/mol. The van der Waals surface area contributed by atoms with Crippen molar-refractivity contribution in [2.75, 3.05) is 13.2 Å². The van der Waals surface area contributed by atoms with Crippen molar-refractivity contribution in [3.8, 4) is 0 Å². The molecule has 0 amide bonds. The molecular formula is C2H6O6S2. The molecule has 1 atom stereocenters. The van der Waals surface area contributed by atoms with Gasteiger partial charge in [-0.2, -0.15) is 8.42 Å². The highest BCUT2D eigenvalue weighted by Crippen LogP contribution is 1.95. The van der Waals surface area contributed by atoms with Crippen molar-refractivity contribution in [3.05, 3.63) is 0 Å². The third-order valence-electron chi connectivity index (χ3n) is 0.494. The van der Waals surface area contributed by atoms with Crippen LogP contribution in [0.2, 0.25) is 0 Å². The van der Waals surface area contributed by atoms with Crippen LogP contribution in [-0.4, -0.2) is 35.5 Å². The van der Waals surface area contributed by atoms with Gasteiger partial charge in [0.15, 0.2) is 0 Å². The molecule has 8 heteroatoms. The van der Waals surface area contributed by atoms with Crippen molar-refractivity contribution >= 4 is 19.3 Å². The summed E-state index contributed by atoms with van der Waals surface area (Å²) in [5.74, 6) is 0. The summed E-state index contributed by atoms with van der Waals surface area (Å²) in [5.41, 5.74) is 0. The molecule has 0 rings (SSSR count). The van der Waals surface area contributed by atoms with Crippen LogP contribution in [0.5, 0.6) is 0 Å². The van der Waals surface area contributed by atoms with Crippen molar-refractivity contribution in [1.29, 1.82) is 0 Å². The van der Waals surface area contributed by atoms with Gasteiger partial charge < -0.3 is 5.11 Å². The van der Waals surface area contributed by atoms with Crippen LogP contribution in [0.25, 0.3) is 0 Å². The SMILES string of the molecule is O=S(O)S(=O)(=O)OCCO. The predicted octanol–water partition coefficient (Wildman–Crippen LogP) is -1.54. The van der Waals surface area contributed by atoms with Crippen LogP contribution in [0.4, 0.5) is 0 Å². The quantitative estimate of drug-likeness (QED) is 0.411. The summed E-state index contributed by atoms with van der Waals surface area (Å²) in [6, 6.07) is 0. The van der Waals surface area contributed by atoms with Gasteiger partial charge in [0.25, 0.3) is 0 Å². The summed E-state index contributed by atoms with van der Waals surface area (Å²) >= 11 is 0. The summed E-state index contributed by atoms with van der Waals surface area (Å²) in [7, 11) is -7.43. The fourth-order valence-corrected chi connectivity index (χ4v) is 0.993. The summed E-state index contributed by atoms with van der Waals surface area (Å²) in [4.78, 5) is 0. The lowest BCUT2D eigenvalue weighted by Gasteiger charge is -1.96. The first-order chi connectivity index (χ1) is 4.50. The molecule has 0 fully saturated rings. The summed E-state index contributed by atoms with van der Waals surface area (Å²) in [6.07, 6.45) is 0. The number of rotatable bonds is 4. The molecule has 0 aromatic rings. The summed E-state index contributed by atoms with van der Waals surface area (Å²) in [6.45, 7) is -1.02. The third-order valence-corrected chi connectivity index (χ3v) is 2.63. The van der Waals surface area contributed by atoms with E-state index >= 15 is 0 Å². The van der Waals surface area contributed by atoms with Gasteiger partial charge in [0.2, 0.25) is 0 Å². The van der Waals surface area contributed by atoms with Gasteiger partial charge in [-0.3, -0.25) is 8.74 Å². The van der Waals surface area contributed by atoms with Gasteiger partial charge >= 0.3 is 19.3 Å². The van der Waals surface area contributed by atoms with Crippen LogP contribution in [0.15, 0.2) is 0 Å². The second kappa shape index (κ2) is 3.98. The second-order valence-corrected chi connectivity index (χ2v) is 4.74. The molecule has 0 saturated carbocycles. The zero-order valence-electron chi connectivity index (χ0n) is 4.76. The first-order valence-corrected chi connectivity index (χ1v) is 5.15. The highest BCUT2D eigenvalue weighted by molar-refractivity contribution is 8.59. The van der Waals surface area contributed by atoms with E-state index in [4.69, 9.17) is 9.66 Å². The van der Waals surface area contributed by atoms with Crippen molar-refractivity contribution < 1.29 is 26.5 Å². The largest absolute Gasteiger partial charge is 0.394 e. The maximum Gasteiger partial charge on any atom is 0.375 e. The monoisotopic (exact) mass is 190 g/mol. The van der Waals surface area contributed by atoms with Crippen LogP contribution >= 0.6 is 0 Å². The molecule has 0 saturated heterocycles. The van der Waals surface area contributed by atoms with E-state index in [-0.39, 0.29) is 0 Å². The van der Waals surface area contributed by atoms with Gasteiger partial charge in [-0.15, -0.1) is 0 Å². The maximum atomic E-state index is 10.2. The minimum atomic E-state index is -4.39. The van der Waals surface area contributed by atoms with Crippen molar-refractivity contribution in [2.24, 2.45) is 0 Å². The smallest absolute Gasteiger partial charge is 0.375 e. The fourth-order valence-electron chi connectivity index (χ4n) is 0.180. The topological polar surface area (TPSA) is 101 Å². The van der Waals surface area contributed by atoms with Crippen LogP contribution in [-0.2, 0) is 23.4 Å². The average Bonchev–Trinajstić information content (AvgIpc) is 1.84. The van der Waals surface area contributed by atoms with Gasteiger partial charge in [0.05, 0.1) is 13.2 Å². The van der Waals surface area contributed by atoms with Gasteiger partial charge in [0.1, 0.15) is 0 Å². The molecule has 0 aliphatic carbocycles. The lowest BCUT2D eigenvalue weighted by Crippen LogP contribution is -2.13. The highest BCUT2D eigenvalue weighted by Gasteiger charge is 2.17. The van der Waals surface area contributed by atoms with Gasteiger partial charge in [-0.25, -0.2) is 4.21 Å². The Morgan fingerprint density at radius 2 is 2.00 bits per heavy atom. The lowest BCUT2D eigenvalue weighted by molar-refractivity contribution is 0.208.